The van der Waals surface area contributed by atoms with Gasteiger partial charge >= 0.3 is 0 Å². The summed E-state index contributed by atoms with van der Waals surface area (Å²) in [6, 6.07) is 6.36. The Balaban J connectivity index is 2.33. The van der Waals surface area contributed by atoms with Crippen molar-refractivity contribution in [3.8, 4) is 5.75 Å². The zero-order valence-corrected chi connectivity index (χ0v) is 17.9. The monoisotopic (exact) mass is 365 g/mol. The lowest BCUT2D eigenvalue weighted by Gasteiger charge is -2.31. The lowest BCUT2D eigenvalue weighted by Crippen LogP contribution is -2.36. The van der Waals surface area contributed by atoms with E-state index in [4.69, 9.17) is 13.6 Å². The van der Waals surface area contributed by atoms with Crippen LogP contribution in [0.5, 0.6) is 5.75 Å². The first-order valence-corrected chi connectivity index (χ1v) is 15.4. The summed E-state index contributed by atoms with van der Waals surface area (Å²) in [5, 5.41) is 0. The second-order valence-corrected chi connectivity index (χ2v) is 17.0. The van der Waals surface area contributed by atoms with E-state index in [1.54, 1.807) is 0 Å². The van der Waals surface area contributed by atoms with Crippen molar-refractivity contribution in [3.63, 3.8) is 0 Å². The van der Waals surface area contributed by atoms with E-state index in [-0.39, 0.29) is 0 Å². The van der Waals surface area contributed by atoms with Crippen LogP contribution in [-0.2, 0) is 9.16 Å². The van der Waals surface area contributed by atoms with Crippen molar-refractivity contribution >= 4 is 28.1 Å². The number of rotatable bonds is 6. The SMILES string of the molecule is C=C(O[Si](C)(C)C)c1ccc(N2CCOCC2)cc1O[Si](C)(C)C. The molecule has 24 heavy (non-hydrogen) atoms. The van der Waals surface area contributed by atoms with Crippen molar-refractivity contribution in [3.05, 3.63) is 30.3 Å². The highest BCUT2D eigenvalue weighted by atomic mass is 28.4. The van der Waals surface area contributed by atoms with Gasteiger partial charge in [0.05, 0.1) is 18.8 Å². The van der Waals surface area contributed by atoms with Crippen LogP contribution in [0.15, 0.2) is 24.8 Å². The van der Waals surface area contributed by atoms with Crippen molar-refractivity contribution < 1.29 is 13.6 Å². The topological polar surface area (TPSA) is 30.9 Å². The number of benzene rings is 1. The molecule has 1 aliphatic rings. The molecule has 0 amide bonds. The van der Waals surface area contributed by atoms with E-state index < -0.39 is 16.6 Å². The third-order valence-corrected chi connectivity index (χ3v) is 5.18. The molecule has 1 aliphatic heterocycles. The van der Waals surface area contributed by atoms with Crippen molar-refractivity contribution in [2.45, 2.75) is 39.3 Å². The summed E-state index contributed by atoms with van der Waals surface area (Å²) in [7, 11) is -3.44. The minimum atomic E-state index is -1.73. The summed E-state index contributed by atoms with van der Waals surface area (Å²) >= 11 is 0. The molecule has 0 aromatic heterocycles. The molecule has 0 spiro atoms. The van der Waals surface area contributed by atoms with E-state index in [9.17, 15) is 0 Å². The number of ether oxygens (including phenoxy) is 1. The Morgan fingerprint density at radius 1 is 1.04 bits per heavy atom. The molecular weight excluding hydrogens is 334 g/mol. The van der Waals surface area contributed by atoms with Gasteiger partial charge in [0, 0.05) is 24.8 Å². The van der Waals surface area contributed by atoms with E-state index in [2.05, 4.69) is 69.0 Å². The van der Waals surface area contributed by atoms with Gasteiger partial charge in [-0.3, -0.25) is 0 Å². The van der Waals surface area contributed by atoms with E-state index in [1.165, 1.54) is 5.69 Å². The first kappa shape index (κ1) is 19.1. The van der Waals surface area contributed by atoms with Gasteiger partial charge in [0.1, 0.15) is 11.5 Å². The van der Waals surface area contributed by atoms with E-state index in [0.29, 0.717) is 0 Å². The van der Waals surface area contributed by atoms with Crippen LogP contribution in [0.25, 0.3) is 5.76 Å². The summed E-state index contributed by atoms with van der Waals surface area (Å²) in [4.78, 5) is 2.34. The van der Waals surface area contributed by atoms with E-state index in [1.807, 2.05) is 0 Å². The second-order valence-electron chi connectivity index (χ2n) is 8.13. The largest absolute Gasteiger partial charge is 0.544 e. The first-order chi connectivity index (χ1) is 11.1. The molecule has 4 nitrogen and oxygen atoms in total. The fraction of sp³-hybridized carbons (Fsp3) is 0.556. The lowest BCUT2D eigenvalue weighted by molar-refractivity contribution is 0.122. The molecule has 1 saturated heterocycles. The fourth-order valence-electron chi connectivity index (χ4n) is 2.60. The smallest absolute Gasteiger partial charge is 0.242 e. The number of nitrogens with zero attached hydrogens (tertiary/aromatic N) is 1. The summed E-state index contributed by atoms with van der Waals surface area (Å²) in [6.07, 6.45) is 0. The van der Waals surface area contributed by atoms with E-state index in [0.717, 1.165) is 43.4 Å². The molecule has 0 radical (unpaired) electrons. The normalized spacial score (nSPS) is 16.0. The zero-order valence-electron chi connectivity index (χ0n) is 15.9. The quantitative estimate of drug-likeness (QED) is 0.546. The van der Waals surface area contributed by atoms with Crippen LogP contribution in [0.3, 0.4) is 0 Å². The summed E-state index contributed by atoms with van der Waals surface area (Å²) in [5.41, 5.74) is 2.15. The van der Waals surface area contributed by atoms with Gasteiger partial charge in [-0.1, -0.05) is 6.58 Å². The predicted octanol–water partition coefficient (Wildman–Crippen LogP) is 4.56. The number of hydrogen-bond acceptors (Lipinski definition) is 4. The van der Waals surface area contributed by atoms with Crippen molar-refractivity contribution in [1.29, 1.82) is 0 Å². The Kier molecular flexibility index (Phi) is 5.83. The Morgan fingerprint density at radius 3 is 2.21 bits per heavy atom. The first-order valence-electron chi connectivity index (χ1n) is 8.59. The van der Waals surface area contributed by atoms with Crippen LogP contribution >= 0.6 is 0 Å². The maximum absolute atomic E-state index is 6.36. The third-order valence-electron chi connectivity index (χ3n) is 3.49. The van der Waals surface area contributed by atoms with Gasteiger partial charge in [-0.05, 0) is 51.4 Å². The molecule has 1 aromatic carbocycles. The van der Waals surface area contributed by atoms with Crippen LogP contribution in [0, 0.1) is 0 Å². The highest BCUT2D eigenvalue weighted by Gasteiger charge is 2.24. The molecular formula is C18H31NO3Si2. The molecule has 0 aliphatic carbocycles. The van der Waals surface area contributed by atoms with Crippen molar-refractivity contribution in [2.24, 2.45) is 0 Å². The molecule has 0 N–H and O–H groups in total. The Hall–Kier alpha value is -1.25. The summed E-state index contributed by atoms with van der Waals surface area (Å²) < 4.78 is 17.9. The molecule has 0 saturated carbocycles. The van der Waals surface area contributed by atoms with Crippen molar-refractivity contribution in [1.82, 2.24) is 0 Å². The number of morpholine rings is 1. The van der Waals surface area contributed by atoms with Crippen LogP contribution < -0.4 is 9.33 Å². The second kappa shape index (κ2) is 7.33. The van der Waals surface area contributed by atoms with Gasteiger partial charge in [0.25, 0.3) is 0 Å². The number of anilines is 1. The Labute approximate surface area is 148 Å². The van der Waals surface area contributed by atoms with Crippen LogP contribution in [0.4, 0.5) is 5.69 Å². The molecule has 6 heteroatoms. The van der Waals surface area contributed by atoms with Gasteiger partial charge in [0.2, 0.25) is 16.6 Å². The Bertz CT molecular complexity index is 585. The van der Waals surface area contributed by atoms with Gasteiger partial charge in [-0.2, -0.15) is 0 Å². The van der Waals surface area contributed by atoms with Gasteiger partial charge in [0.15, 0.2) is 0 Å². The minimum absolute atomic E-state index is 0.718. The highest BCUT2D eigenvalue weighted by molar-refractivity contribution is 6.71. The van der Waals surface area contributed by atoms with Gasteiger partial charge in [-0.25, -0.2) is 0 Å². The van der Waals surface area contributed by atoms with Crippen LogP contribution in [0.1, 0.15) is 5.56 Å². The van der Waals surface area contributed by atoms with Crippen molar-refractivity contribution in [2.75, 3.05) is 31.2 Å². The lowest BCUT2D eigenvalue weighted by atomic mass is 10.1. The maximum atomic E-state index is 6.36. The predicted molar refractivity (Wildman–Crippen MR) is 107 cm³/mol. The van der Waals surface area contributed by atoms with Crippen LogP contribution in [-0.4, -0.2) is 42.9 Å². The van der Waals surface area contributed by atoms with Gasteiger partial charge < -0.3 is 18.5 Å². The summed E-state index contributed by atoms with van der Waals surface area (Å²) in [5.74, 6) is 1.61. The molecule has 0 bridgehead atoms. The molecule has 1 fully saturated rings. The summed E-state index contributed by atoms with van der Waals surface area (Å²) in [6.45, 7) is 20.6. The van der Waals surface area contributed by atoms with Gasteiger partial charge in [-0.15, -0.1) is 0 Å². The van der Waals surface area contributed by atoms with Crippen LogP contribution in [0.2, 0.25) is 39.3 Å². The average Bonchev–Trinajstić information content (AvgIpc) is 2.44. The average molecular weight is 366 g/mol. The molecule has 1 aromatic rings. The molecule has 134 valence electrons. The molecule has 0 atom stereocenters. The maximum Gasteiger partial charge on any atom is 0.242 e. The minimum Gasteiger partial charge on any atom is -0.544 e. The standard InChI is InChI=1S/C18H31NO3Si2/c1-15(21-23(2,3)4)17-9-8-16(19-10-12-20-13-11-19)14-18(17)22-24(5,6)7/h8-9,14H,1,10-13H2,2-7H3. The Morgan fingerprint density at radius 2 is 1.67 bits per heavy atom. The molecule has 1 heterocycles. The third kappa shape index (κ3) is 5.68. The fourth-order valence-corrected chi connectivity index (χ4v) is 4.28. The molecule has 0 unspecified atom stereocenters. The number of hydrogen-bond donors (Lipinski definition) is 0. The molecule has 2 rings (SSSR count). The zero-order chi connectivity index (χ0) is 18.0. The van der Waals surface area contributed by atoms with E-state index >= 15 is 0 Å². The highest BCUT2D eigenvalue weighted by Crippen LogP contribution is 2.34.